The van der Waals surface area contributed by atoms with Crippen LogP contribution in [0.3, 0.4) is 0 Å². The Morgan fingerprint density at radius 2 is 1.67 bits per heavy atom. The zero-order valence-electron chi connectivity index (χ0n) is 11.5. The van der Waals surface area contributed by atoms with Crippen molar-refractivity contribution in [3.05, 3.63) is 64.6 Å². The van der Waals surface area contributed by atoms with Gasteiger partial charge in [-0.05, 0) is 18.6 Å². The van der Waals surface area contributed by atoms with Gasteiger partial charge in [-0.1, -0.05) is 58.4 Å². The first-order valence-corrected chi connectivity index (χ1v) is 7.39. The molecule has 0 aliphatic rings. The van der Waals surface area contributed by atoms with E-state index in [1.807, 2.05) is 55.5 Å². The van der Waals surface area contributed by atoms with Crippen LogP contribution in [0.25, 0.3) is 22.6 Å². The first kappa shape index (κ1) is 13.8. The molecular weight excluding hydrogens is 326 g/mol. The summed E-state index contributed by atoms with van der Waals surface area (Å²) < 4.78 is 1.03. The number of hydrogen-bond acceptors (Lipinski definition) is 3. The molecule has 0 saturated carbocycles. The topological polar surface area (TPSA) is 51.8 Å². The molecule has 3 aromatic rings. The first-order valence-electron chi connectivity index (χ1n) is 6.60. The monoisotopic (exact) mass is 339 g/mol. The molecule has 0 saturated heterocycles. The van der Waals surface area contributed by atoms with Crippen LogP contribution in [0.5, 0.6) is 0 Å². The number of aryl methyl sites for hydroxylation is 1. The van der Waals surface area contributed by atoms with Crippen LogP contribution in [0, 0.1) is 6.92 Å². The largest absolute Gasteiger partial charge is 0.384 e. The Balaban J connectivity index is 2.11. The summed E-state index contributed by atoms with van der Waals surface area (Å²) in [4.78, 5) is 8.98. The Morgan fingerprint density at radius 3 is 2.38 bits per heavy atom. The Morgan fingerprint density at radius 1 is 0.905 bits per heavy atom. The van der Waals surface area contributed by atoms with Crippen LogP contribution in [0.2, 0.25) is 0 Å². The van der Waals surface area contributed by atoms with Gasteiger partial charge in [0.15, 0.2) is 5.82 Å². The minimum Gasteiger partial charge on any atom is -0.384 e. The van der Waals surface area contributed by atoms with Gasteiger partial charge in [-0.15, -0.1) is 0 Å². The van der Waals surface area contributed by atoms with Crippen molar-refractivity contribution in [3.63, 3.8) is 0 Å². The second-order valence-electron chi connectivity index (χ2n) is 4.83. The van der Waals surface area contributed by atoms with Crippen LogP contribution in [0.4, 0.5) is 5.82 Å². The van der Waals surface area contributed by atoms with Crippen molar-refractivity contribution in [2.75, 3.05) is 5.73 Å². The van der Waals surface area contributed by atoms with Crippen molar-refractivity contribution in [1.82, 2.24) is 9.97 Å². The number of hydrogen-bond donors (Lipinski definition) is 1. The Bertz CT molecular complexity index is 785. The molecule has 0 radical (unpaired) electrons. The molecule has 0 bridgehead atoms. The lowest BCUT2D eigenvalue weighted by atomic mass is 10.1. The molecule has 1 heterocycles. The third-order valence-electron chi connectivity index (χ3n) is 3.25. The standard InChI is InChI=1S/C17H14BrN3/c1-11-7-8-13(9-14(11)18)17-20-15(10-16(19)21-17)12-5-3-2-4-6-12/h2-10H,1H3,(H2,19,20,21). The van der Waals surface area contributed by atoms with E-state index in [-0.39, 0.29) is 0 Å². The number of halogens is 1. The number of benzene rings is 2. The van der Waals surface area contributed by atoms with Crippen molar-refractivity contribution in [1.29, 1.82) is 0 Å². The van der Waals surface area contributed by atoms with E-state index in [0.29, 0.717) is 11.6 Å². The number of nitrogens with two attached hydrogens (primary N) is 1. The van der Waals surface area contributed by atoms with Gasteiger partial charge in [0.2, 0.25) is 0 Å². The van der Waals surface area contributed by atoms with E-state index in [9.17, 15) is 0 Å². The second kappa shape index (κ2) is 5.66. The van der Waals surface area contributed by atoms with Crippen LogP contribution >= 0.6 is 15.9 Å². The van der Waals surface area contributed by atoms with Crippen LogP contribution in [0.15, 0.2) is 59.1 Å². The van der Waals surface area contributed by atoms with Gasteiger partial charge in [0.05, 0.1) is 5.69 Å². The lowest BCUT2D eigenvalue weighted by Crippen LogP contribution is -1.98. The zero-order valence-corrected chi connectivity index (χ0v) is 13.1. The second-order valence-corrected chi connectivity index (χ2v) is 5.69. The van der Waals surface area contributed by atoms with Gasteiger partial charge < -0.3 is 5.73 Å². The SMILES string of the molecule is Cc1ccc(-c2nc(N)cc(-c3ccccc3)n2)cc1Br. The predicted octanol–water partition coefficient (Wildman–Crippen LogP) is 4.46. The third kappa shape index (κ3) is 2.95. The van der Waals surface area contributed by atoms with Crippen molar-refractivity contribution < 1.29 is 0 Å². The maximum Gasteiger partial charge on any atom is 0.162 e. The Labute approximate surface area is 132 Å². The fourth-order valence-corrected chi connectivity index (χ4v) is 2.46. The Hall–Kier alpha value is -2.20. The van der Waals surface area contributed by atoms with Crippen molar-refractivity contribution in [3.8, 4) is 22.6 Å². The molecule has 0 fully saturated rings. The average molecular weight is 340 g/mol. The number of nitrogens with zero attached hydrogens (tertiary/aromatic N) is 2. The summed E-state index contributed by atoms with van der Waals surface area (Å²) in [5.41, 5.74) is 9.91. The maximum atomic E-state index is 5.94. The summed E-state index contributed by atoms with van der Waals surface area (Å²) >= 11 is 3.54. The average Bonchev–Trinajstić information content (AvgIpc) is 2.50. The van der Waals surface area contributed by atoms with Crippen molar-refractivity contribution >= 4 is 21.7 Å². The molecule has 0 unspecified atom stereocenters. The minimum atomic E-state index is 0.468. The quantitative estimate of drug-likeness (QED) is 0.749. The predicted molar refractivity (Wildman–Crippen MR) is 89.8 cm³/mol. The van der Waals surface area contributed by atoms with E-state index in [4.69, 9.17) is 5.73 Å². The van der Waals surface area contributed by atoms with Crippen LogP contribution in [-0.4, -0.2) is 9.97 Å². The molecule has 104 valence electrons. The molecule has 0 atom stereocenters. The normalized spacial score (nSPS) is 10.6. The molecule has 0 aliphatic heterocycles. The fraction of sp³-hybridized carbons (Fsp3) is 0.0588. The minimum absolute atomic E-state index is 0.468. The number of anilines is 1. The summed E-state index contributed by atoms with van der Waals surface area (Å²) in [6.45, 7) is 2.05. The van der Waals surface area contributed by atoms with E-state index in [1.165, 1.54) is 5.56 Å². The smallest absolute Gasteiger partial charge is 0.162 e. The van der Waals surface area contributed by atoms with Gasteiger partial charge in [-0.2, -0.15) is 0 Å². The van der Waals surface area contributed by atoms with Crippen LogP contribution in [-0.2, 0) is 0 Å². The van der Waals surface area contributed by atoms with Crippen molar-refractivity contribution in [2.24, 2.45) is 0 Å². The molecule has 4 heteroatoms. The van der Waals surface area contributed by atoms with E-state index in [1.54, 1.807) is 6.07 Å². The molecule has 1 aromatic heterocycles. The van der Waals surface area contributed by atoms with Crippen LogP contribution in [0.1, 0.15) is 5.56 Å². The highest BCUT2D eigenvalue weighted by Gasteiger charge is 2.08. The highest BCUT2D eigenvalue weighted by Crippen LogP contribution is 2.26. The fourth-order valence-electron chi connectivity index (χ4n) is 2.08. The van der Waals surface area contributed by atoms with Gasteiger partial charge >= 0.3 is 0 Å². The van der Waals surface area contributed by atoms with E-state index >= 15 is 0 Å². The molecule has 0 amide bonds. The van der Waals surface area contributed by atoms with E-state index in [0.717, 1.165) is 21.3 Å². The van der Waals surface area contributed by atoms with Gasteiger partial charge in [-0.25, -0.2) is 9.97 Å². The molecule has 0 spiro atoms. The molecule has 3 rings (SSSR count). The molecule has 2 aromatic carbocycles. The number of nitrogen functional groups attached to an aromatic ring is 1. The third-order valence-corrected chi connectivity index (χ3v) is 4.10. The maximum absolute atomic E-state index is 5.94. The summed E-state index contributed by atoms with van der Waals surface area (Å²) in [5.74, 6) is 1.10. The van der Waals surface area contributed by atoms with Gasteiger partial charge in [-0.3, -0.25) is 0 Å². The first-order chi connectivity index (χ1) is 10.1. The number of aromatic nitrogens is 2. The highest BCUT2D eigenvalue weighted by molar-refractivity contribution is 9.10. The van der Waals surface area contributed by atoms with Crippen molar-refractivity contribution in [2.45, 2.75) is 6.92 Å². The summed E-state index contributed by atoms with van der Waals surface area (Å²) in [6, 6.07) is 17.8. The lowest BCUT2D eigenvalue weighted by Gasteiger charge is -2.07. The van der Waals surface area contributed by atoms with Gasteiger partial charge in [0, 0.05) is 21.7 Å². The van der Waals surface area contributed by atoms with E-state index in [2.05, 4.69) is 25.9 Å². The van der Waals surface area contributed by atoms with E-state index < -0.39 is 0 Å². The zero-order chi connectivity index (χ0) is 14.8. The molecule has 21 heavy (non-hydrogen) atoms. The van der Waals surface area contributed by atoms with Gasteiger partial charge in [0.1, 0.15) is 5.82 Å². The lowest BCUT2D eigenvalue weighted by molar-refractivity contribution is 1.18. The highest BCUT2D eigenvalue weighted by atomic mass is 79.9. The summed E-state index contributed by atoms with van der Waals surface area (Å²) in [6.07, 6.45) is 0. The van der Waals surface area contributed by atoms with Gasteiger partial charge in [0.25, 0.3) is 0 Å². The molecule has 2 N–H and O–H groups in total. The summed E-state index contributed by atoms with van der Waals surface area (Å²) in [5, 5.41) is 0. The van der Waals surface area contributed by atoms with Crippen LogP contribution < -0.4 is 5.73 Å². The molecule has 3 nitrogen and oxygen atoms in total. The number of rotatable bonds is 2. The molecular formula is C17H14BrN3. The molecule has 0 aliphatic carbocycles. The summed E-state index contributed by atoms with van der Waals surface area (Å²) in [7, 11) is 0. The Kier molecular flexibility index (Phi) is 3.71.